The highest BCUT2D eigenvalue weighted by Gasteiger charge is 2.51. The van der Waals surface area contributed by atoms with Gasteiger partial charge in [0.1, 0.15) is 12.2 Å². The molecule has 5 rings (SSSR count). The van der Waals surface area contributed by atoms with Gasteiger partial charge in [-0.25, -0.2) is 0 Å². The third-order valence-corrected chi connectivity index (χ3v) is 9.16. The molecule has 0 aromatic carbocycles. The molecule has 6 heteroatoms. The molecule has 1 aliphatic carbocycles. The molecule has 2 bridgehead atoms. The maximum absolute atomic E-state index is 13.8. The van der Waals surface area contributed by atoms with Crippen LogP contribution in [0, 0.1) is 23.7 Å². The fourth-order valence-electron chi connectivity index (χ4n) is 7.06. The molecule has 0 aromatic heterocycles. The first-order valence-electron chi connectivity index (χ1n) is 14.6. The van der Waals surface area contributed by atoms with Crippen molar-refractivity contribution in [2.24, 2.45) is 23.7 Å². The second kappa shape index (κ2) is 11.2. The molecule has 1 unspecified atom stereocenters. The van der Waals surface area contributed by atoms with Gasteiger partial charge in [0.05, 0.1) is 24.7 Å². The van der Waals surface area contributed by atoms with Gasteiger partial charge in [-0.2, -0.15) is 0 Å². The largest absolute Gasteiger partial charge is 0.462 e. The van der Waals surface area contributed by atoms with Gasteiger partial charge in [-0.3, -0.25) is 9.59 Å². The fourth-order valence-corrected chi connectivity index (χ4v) is 7.06. The second-order valence-corrected chi connectivity index (χ2v) is 12.3. The number of ether oxygens (including phenoxy) is 4. The number of Topliss-reactive ketones (excluding diaryl/α,β-unsaturated/α-hetero) is 1. The number of carbonyl (C=O) groups excluding carboxylic acids is 2. The van der Waals surface area contributed by atoms with E-state index in [1.807, 2.05) is 6.08 Å². The fraction of sp³-hybridized carbons (Fsp3) is 0.688. The van der Waals surface area contributed by atoms with E-state index in [1.165, 1.54) is 5.57 Å². The van der Waals surface area contributed by atoms with Crippen LogP contribution in [0.3, 0.4) is 0 Å². The predicted molar refractivity (Wildman–Crippen MR) is 145 cm³/mol. The Bertz CT molecular complexity index is 1050. The minimum absolute atomic E-state index is 0.0321. The Kier molecular flexibility index (Phi) is 8.14. The normalized spacial score (nSPS) is 45.8. The molecule has 4 aliphatic heterocycles. The first-order valence-corrected chi connectivity index (χ1v) is 14.6. The van der Waals surface area contributed by atoms with Crippen molar-refractivity contribution < 1.29 is 28.5 Å². The number of carbonyl (C=O) groups is 2. The first-order chi connectivity index (χ1) is 18.2. The van der Waals surface area contributed by atoms with E-state index in [0.717, 1.165) is 37.7 Å². The summed E-state index contributed by atoms with van der Waals surface area (Å²) in [5, 5.41) is 0. The van der Waals surface area contributed by atoms with Gasteiger partial charge < -0.3 is 18.9 Å². The van der Waals surface area contributed by atoms with Gasteiger partial charge in [-0.05, 0) is 62.5 Å². The van der Waals surface area contributed by atoms with Crippen LogP contribution >= 0.6 is 0 Å². The highest BCUT2D eigenvalue weighted by atomic mass is 16.7. The summed E-state index contributed by atoms with van der Waals surface area (Å²) in [5.74, 6) is -1.05. The van der Waals surface area contributed by atoms with Crippen molar-refractivity contribution in [2.75, 3.05) is 6.61 Å². The highest BCUT2D eigenvalue weighted by Crippen LogP contribution is 2.45. The van der Waals surface area contributed by atoms with E-state index in [2.05, 4.69) is 45.9 Å². The van der Waals surface area contributed by atoms with Gasteiger partial charge in [0, 0.05) is 25.2 Å². The summed E-state index contributed by atoms with van der Waals surface area (Å²) in [6.07, 6.45) is 15.2. The molecule has 0 saturated carbocycles. The molecule has 0 N–H and O–H groups in total. The summed E-state index contributed by atoms with van der Waals surface area (Å²) in [6, 6.07) is 0. The van der Waals surface area contributed by atoms with E-state index in [1.54, 1.807) is 13.0 Å². The smallest absolute Gasteiger partial charge is 0.313 e. The Labute approximate surface area is 227 Å². The molecule has 3 fully saturated rings. The standard InChI is InChI=1S/C32H44O6/c1-6-27-21(4)12-13-32(38-27)17-25-16-24(37-32)11-10-20(3)14-19(2)8-7-9-23-18-35-30-28(23)26(31(34)36-25)15-22(5)29(30)33/h7-10,15,19,21,24-28,30H,6,11-14,16-18H2,1-5H3/b8-7+,20-10+,23-9+/t19-,21-,24+,25-,26+,27+,28?,30-,32+/m0/s1. The molecule has 1 spiro atoms. The first kappa shape index (κ1) is 27.5. The predicted octanol–water partition coefficient (Wildman–Crippen LogP) is 6.02. The lowest BCUT2D eigenvalue weighted by molar-refractivity contribution is -0.335. The summed E-state index contributed by atoms with van der Waals surface area (Å²) in [6.45, 7) is 10.9. The van der Waals surface area contributed by atoms with Crippen LogP contribution in [0.4, 0.5) is 0 Å². The van der Waals surface area contributed by atoms with Gasteiger partial charge in [-0.15, -0.1) is 0 Å². The molecule has 208 valence electrons. The molecular weight excluding hydrogens is 480 g/mol. The average Bonchev–Trinajstić information content (AvgIpc) is 3.30. The van der Waals surface area contributed by atoms with Crippen molar-refractivity contribution in [3.8, 4) is 0 Å². The molecule has 3 saturated heterocycles. The summed E-state index contributed by atoms with van der Waals surface area (Å²) in [4.78, 5) is 26.7. The number of allylic oxidation sites excluding steroid dienone is 4. The third-order valence-electron chi connectivity index (χ3n) is 9.16. The maximum atomic E-state index is 13.8. The second-order valence-electron chi connectivity index (χ2n) is 12.3. The minimum atomic E-state index is -0.720. The van der Waals surface area contributed by atoms with E-state index in [0.29, 0.717) is 36.9 Å². The lowest BCUT2D eigenvalue weighted by Gasteiger charge is -2.49. The Morgan fingerprint density at radius 1 is 1.11 bits per heavy atom. The number of fused-ring (bicyclic) bond motifs is 2. The molecule has 9 atom stereocenters. The topological polar surface area (TPSA) is 71.1 Å². The Hall–Kier alpha value is -2.02. The number of hydrogen-bond donors (Lipinski definition) is 0. The van der Waals surface area contributed by atoms with Crippen LogP contribution < -0.4 is 0 Å². The van der Waals surface area contributed by atoms with Crippen LogP contribution in [0.2, 0.25) is 0 Å². The molecule has 38 heavy (non-hydrogen) atoms. The van der Waals surface area contributed by atoms with Gasteiger partial charge in [0.15, 0.2) is 11.6 Å². The van der Waals surface area contributed by atoms with E-state index < -0.39 is 17.8 Å². The molecule has 6 nitrogen and oxygen atoms in total. The number of ketones is 1. The van der Waals surface area contributed by atoms with Crippen LogP contribution in [0.25, 0.3) is 0 Å². The zero-order valence-corrected chi connectivity index (χ0v) is 23.6. The lowest BCUT2D eigenvalue weighted by Crippen LogP contribution is -2.54. The van der Waals surface area contributed by atoms with E-state index in [9.17, 15) is 9.59 Å². The summed E-state index contributed by atoms with van der Waals surface area (Å²) in [7, 11) is 0. The minimum Gasteiger partial charge on any atom is -0.462 e. The molecule has 0 radical (unpaired) electrons. The zero-order chi connectivity index (χ0) is 27.0. The molecule has 0 aromatic rings. The highest BCUT2D eigenvalue weighted by molar-refractivity contribution is 6.01. The number of esters is 1. The average molecular weight is 525 g/mol. The van der Waals surface area contributed by atoms with Crippen LogP contribution in [0.15, 0.2) is 47.1 Å². The van der Waals surface area contributed by atoms with E-state index in [4.69, 9.17) is 18.9 Å². The van der Waals surface area contributed by atoms with Crippen molar-refractivity contribution in [2.45, 2.75) is 110 Å². The number of hydrogen-bond acceptors (Lipinski definition) is 6. The molecular formula is C32H44O6. The van der Waals surface area contributed by atoms with Crippen LogP contribution in [0.5, 0.6) is 0 Å². The Balaban J connectivity index is 1.48. The van der Waals surface area contributed by atoms with Crippen LogP contribution in [-0.2, 0) is 28.5 Å². The molecule has 5 aliphatic rings. The van der Waals surface area contributed by atoms with Crippen molar-refractivity contribution >= 4 is 11.8 Å². The maximum Gasteiger partial charge on any atom is 0.313 e. The van der Waals surface area contributed by atoms with E-state index >= 15 is 0 Å². The van der Waals surface area contributed by atoms with Gasteiger partial charge in [-0.1, -0.05) is 56.7 Å². The summed E-state index contributed by atoms with van der Waals surface area (Å²) >= 11 is 0. The number of rotatable bonds is 1. The van der Waals surface area contributed by atoms with Crippen LogP contribution in [-0.4, -0.2) is 48.6 Å². The SMILES string of the molecule is CC[C@H]1O[C@]2(CC[C@@H]1C)C[C@@H]1C[C@@H](C/C=C(\C)C[C@@H](C)/C=C/C=C3\CO[C@@H]4C(=O)C(C)=C[C@@H](C(=O)O1)C34)O2. The quantitative estimate of drug-likeness (QED) is 0.309. The Morgan fingerprint density at radius 3 is 2.71 bits per heavy atom. The van der Waals surface area contributed by atoms with Crippen molar-refractivity contribution in [3.05, 3.63) is 47.1 Å². The monoisotopic (exact) mass is 524 g/mol. The van der Waals surface area contributed by atoms with Crippen LogP contribution in [0.1, 0.15) is 79.6 Å². The van der Waals surface area contributed by atoms with Gasteiger partial charge in [0.25, 0.3) is 0 Å². The third kappa shape index (κ3) is 5.64. The van der Waals surface area contributed by atoms with Crippen molar-refractivity contribution in [3.63, 3.8) is 0 Å². The Morgan fingerprint density at radius 2 is 1.92 bits per heavy atom. The van der Waals surface area contributed by atoms with Crippen molar-refractivity contribution in [1.82, 2.24) is 0 Å². The summed E-state index contributed by atoms with van der Waals surface area (Å²) < 4.78 is 25.6. The van der Waals surface area contributed by atoms with Gasteiger partial charge in [0.2, 0.25) is 0 Å². The summed E-state index contributed by atoms with van der Waals surface area (Å²) in [5.41, 5.74) is 2.88. The van der Waals surface area contributed by atoms with Crippen molar-refractivity contribution in [1.29, 1.82) is 0 Å². The zero-order valence-electron chi connectivity index (χ0n) is 23.6. The lowest BCUT2D eigenvalue weighted by atomic mass is 9.75. The molecule has 0 amide bonds. The van der Waals surface area contributed by atoms with E-state index in [-0.39, 0.29) is 36.0 Å². The molecule has 4 heterocycles. The van der Waals surface area contributed by atoms with Gasteiger partial charge >= 0.3 is 5.97 Å².